The SMILES string of the molecule is CCNC(=O)c1cc(S(=O)(=O)N2CCN(c3cc(Cl)ccc3C)CC2)ccc1C. The lowest BCUT2D eigenvalue weighted by atomic mass is 10.1. The maximum absolute atomic E-state index is 13.2. The number of nitrogens with zero attached hydrogens (tertiary/aromatic N) is 2. The number of anilines is 1. The maximum atomic E-state index is 13.2. The zero-order chi connectivity index (χ0) is 21.2. The van der Waals surface area contributed by atoms with Gasteiger partial charge in [-0.3, -0.25) is 4.79 Å². The van der Waals surface area contributed by atoms with E-state index < -0.39 is 10.0 Å². The molecule has 0 aliphatic carbocycles. The first-order valence-electron chi connectivity index (χ1n) is 9.64. The quantitative estimate of drug-likeness (QED) is 0.782. The van der Waals surface area contributed by atoms with E-state index in [-0.39, 0.29) is 10.8 Å². The molecule has 0 bridgehead atoms. The lowest BCUT2D eigenvalue weighted by Gasteiger charge is -2.36. The number of aryl methyl sites for hydroxylation is 2. The molecule has 1 heterocycles. The highest BCUT2D eigenvalue weighted by Crippen LogP contribution is 2.27. The Morgan fingerprint density at radius 3 is 2.34 bits per heavy atom. The number of nitrogens with one attached hydrogen (secondary N) is 1. The molecule has 0 radical (unpaired) electrons. The van der Waals surface area contributed by atoms with Crippen molar-refractivity contribution < 1.29 is 13.2 Å². The van der Waals surface area contributed by atoms with E-state index in [1.165, 1.54) is 10.4 Å². The number of hydrogen-bond donors (Lipinski definition) is 1. The van der Waals surface area contributed by atoms with Crippen LogP contribution in [0.15, 0.2) is 41.3 Å². The Kier molecular flexibility index (Phi) is 6.51. The van der Waals surface area contributed by atoms with Crippen LogP contribution in [0.1, 0.15) is 28.4 Å². The predicted octanol–water partition coefficient (Wildman–Crippen LogP) is 3.22. The Bertz CT molecular complexity index is 1020. The van der Waals surface area contributed by atoms with Gasteiger partial charge in [0.05, 0.1) is 4.90 Å². The molecule has 8 heteroatoms. The first-order chi connectivity index (χ1) is 13.7. The molecule has 1 aliphatic rings. The van der Waals surface area contributed by atoms with Gasteiger partial charge in [0.1, 0.15) is 0 Å². The topological polar surface area (TPSA) is 69.7 Å². The number of amides is 1. The first-order valence-corrected chi connectivity index (χ1v) is 11.5. The van der Waals surface area contributed by atoms with Gasteiger partial charge in [0.15, 0.2) is 0 Å². The van der Waals surface area contributed by atoms with Crippen LogP contribution in [-0.2, 0) is 10.0 Å². The molecule has 1 saturated heterocycles. The third kappa shape index (κ3) is 4.57. The zero-order valence-corrected chi connectivity index (χ0v) is 18.5. The third-order valence-electron chi connectivity index (χ3n) is 5.18. The van der Waals surface area contributed by atoms with Crippen LogP contribution in [0.5, 0.6) is 0 Å². The second-order valence-electron chi connectivity index (χ2n) is 7.16. The number of piperazine rings is 1. The highest BCUT2D eigenvalue weighted by atomic mass is 35.5. The van der Waals surface area contributed by atoms with Crippen molar-refractivity contribution in [2.75, 3.05) is 37.6 Å². The Balaban J connectivity index is 1.79. The largest absolute Gasteiger partial charge is 0.369 e. The lowest BCUT2D eigenvalue weighted by Crippen LogP contribution is -2.48. The zero-order valence-electron chi connectivity index (χ0n) is 16.9. The third-order valence-corrected chi connectivity index (χ3v) is 7.31. The molecule has 6 nitrogen and oxygen atoms in total. The van der Waals surface area contributed by atoms with Crippen LogP contribution in [0.4, 0.5) is 5.69 Å². The van der Waals surface area contributed by atoms with Gasteiger partial charge in [0.25, 0.3) is 5.91 Å². The van der Waals surface area contributed by atoms with Crippen molar-refractivity contribution in [2.24, 2.45) is 0 Å². The summed E-state index contributed by atoms with van der Waals surface area (Å²) in [6.45, 7) is 8.04. The van der Waals surface area contributed by atoms with E-state index >= 15 is 0 Å². The predicted molar refractivity (Wildman–Crippen MR) is 116 cm³/mol. The van der Waals surface area contributed by atoms with Crippen LogP contribution in [0.3, 0.4) is 0 Å². The fourth-order valence-corrected chi connectivity index (χ4v) is 5.12. The van der Waals surface area contributed by atoms with Crippen LogP contribution in [0, 0.1) is 13.8 Å². The second-order valence-corrected chi connectivity index (χ2v) is 9.53. The lowest BCUT2D eigenvalue weighted by molar-refractivity contribution is 0.0955. The molecule has 1 N–H and O–H groups in total. The molecule has 0 saturated carbocycles. The van der Waals surface area contributed by atoms with Gasteiger partial charge in [-0.15, -0.1) is 0 Å². The minimum absolute atomic E-state index is 0.150. The highest BCUT2D eigenvalue weighted by molar-refractivity contribution is 7.89. The Labute approximate surface area is 177 Å². The molecule has 2 aromatic rings. The number of carbonyl (C=O) groups is 1. The Hall–Kier alpha value is -2.09. The number of benzene rings is 2. The van der Waals surface area contributed by atoms with Gasteiger partial charge in [-0.1, -0.05) is 23.7 Å². The summed E-state index contributed by atoms with van der Waals surface area (Å²) in [5.74, 6) is -0.261. The van der Waals surface area contributed by atoms with Gasteiger partial charge in [-0.2, -0.15) is 4.31 Å². The summed E-state index contributed by atoms with van der Waals surface area (Å²) < 4.78 is 27.8. The summed E-state index contributed by atoms with van der Waals surface area (Å²) in [6, 6.07) is 10.5. The van der Waals surface area contributed by atoms with Gasteiger partial charge in [0, 0.05) is 49.0 Å². The molecular formula is C21H26ClN3O3S. The molecule has 0 spiro atoms. The van der Waals surface area contributed by atoms with Crippen molar-refractivity contribution in [3.63, 3.8) is 0 Å². The Morgan fingerprint density at radius 2 is 1.69 bits per heavy atom. The van der Waals surface area contributed by atoms with E-state index in [1.807, 2.05) is 32.0 Å². The molecule has 2 aromatic carbocycles. The molecule has 0 unspecified atom stereocenters. The van der Waals surface area contributed by atoms with Crippen molar-refractivity contribution >= 4 is 33.2 Å². The molecule has 29 heavy (non-hydrogen) atoms. The van der Waals surface area contributed by atoms with Crippen LogP contribution < -0.4 is 10.2 Å². The van der Waals surface area contributed by atoms with Crippen LogP contribution in [0.2, 0.25) is 5.02 Å². The van der Waals surface area contributed by atoms with Crippen molar-refractivity contribution in [3.05, 3.63) is 58.1 Å². The van der Waals surface area contributed by atoms with Crippen LogP contribution >= 0.6 is 11.6 Å². The molecule has 1 aliphatic heterocycles. The van der Waals surface area contributed by atoms with Crippen molar-refractivity contribution in [1.82, 2.24) is 9.62 Å². The van der Waals surface area contributed by atoms with E-state index in [2.05, 4.69) is 10.2 Å². The fraction of sp³-hybridized carbons (Fsp3) is 0.381. The second kappa shape index (κ2) is 8.73. The van der Waals surface area contributed by atoms with Gasteiger partial charge in [0.2, 0.25) is 10.0 Å². The monoisotopic (exact) mass is 435 g/mol. The van der Waals surface area contributed by atoms with Crippen molar-refractivity contribution in [2.45, 2.75) is 25.7 Å². The minimum atomic E-state index is -3.67. The number of sulfonamides is 1. The van der Waals surface area contributed by atoms with Crippen molar-refractivity contribution in [1.29, 1.82) is 0 Å². The Morgan fingerprint density at radius 1 is 1.03 bits per heavy atom. The summed E-state index contributed by atoms with van der Waals surface area (Å²) >= 11 is 6.13. The minimum Gasteiger partial charge on any atom is -0.369 e. The molecule has 1 amide bonds. The molecular weight excluding hydrogens is 410 g/mol. The average Bonchev–Trinajstić information content (AvgIpc) is 2.70. The molecule has 156 valence electrons. The maximum Gasteiger partial charge on any atom is 0.251 e. The first kappa shape index (κ1) is 21.6. The summed E-state index contributed by atoms with van der Waals surface area (Å²) in [5.41, 5.74) is 3.27. The smallest absolute Gasteiger partial charge is 0.251 e. The summed E-state index contributed by atoms with van der Waals surface area (Å²) in [5, 5.41) is 3.39. The molecule has 1 fully saturated rings. The van der Waals surface area contributed by atoms with Gasteiger partial charge < -0.3 is 10.2 Å². The fourth-order valence-electron chi connectivity index (χ4n) is 3.50. The normalized spacial score (nSPS) is 15.4. The van der Waals surface area contributed by atoms with Crippen LogP contribution in [0.25, 0.3) is 0 Å². The summed E-state index contributed by atoms with van der Waals surface area (Å²) in [7, 11) is -3.67. The molecule has 3 rings (SSSR count). The number of hydrogen-bond acceptors (Lipinski definition) is 4. The number of rotatable bonds is 5. The number of carbonyl (C=O) groups excluding carboxylic acids is 1. The van der Waals surface area contributed by atoms with Gasteiger partial charge in [-0.05, 0) is 56.2 Å². The summed E-state index contributed by atoms with van der Waals surface area (Å²) in [6.07, 6.45) is 0. The van der Waals surface area contributed by atoms with Gasteiger partial charge in [-0.25, -0.2) is 8.42 Å². The standard InChI is InChI=1S/C21H26ClN3O3S/c1-4-23-21(26)19-14-18(8-6-15(19)2)29(27,28)25-11-9-24(10-12-25)20-13-17(22)7-5-16(20)3/h5-8,13-14H,4,9-12H2,1-3H3,(H,23,26). The molecule has 0 aromatic heterocycles. The van der Waals surface area contributed by atoms with E-state index in [1.54, 1.807) is 19.1 Å². The van der Waals surface area contributed by atoms with Crippen LogP contribution in [-0.4, -0.2) is 51.4 Å². The van der Waals surface area contributed by atoms with E-state index in [9.17, 15) is 13.2 Å². The highest BCUT2D eigenvalue weighted by Gasteiger charge is 2.29. The van der Waals surface area contributed by atoms with E-state index in [4.69, 9.17) is 11.6 Å². The van der Waals surface area contributed by atoms with Gasteiger partial charge >= 0.3 is 0 Å². The van der Waals surface area contributed by atoms with Crippen molar-refractivity contribution in [3.8, 4) is 0 Å². The molecule has 0 atom stereocenters. The number of halogens is 1. The van der Waals surface area contributed by atoms with E-state index in [0.717, 1.165) is 16.8 Å². The van der Waals surface area contributed by atoms with E-state index in [0.29, 0.717) is 43.3 Å². The summed E-state index contributed by atoms with van der Waals surface area (Å²) in [4.78, 5) is 14.5. The average molecular weight is 436 g/mol.